The maximum absolute atomic E-state index is 13.7. The van der Waals surface area contributed by atoms with E-state index in [1.807, 2.05) is 75.4 Å². The minimum Gasteiger partial charge on any atom is -0.489 e. The number of carbonyl (C=O) groups excluding carboxylic acids is 2. The van der Waals surface area contributed by atoms with Crippen molar-refractivity contribution in [3.05, 3.63) is 95.6 Å². The predicted molar refractivity (Wildman–Crippen MR) is 158 cm³/mol. The molecule has 0 aliphatic rings. The van der Waals surface area contributed by atoms with Gasteiger partial charge in [-0.15, -0.1) is 0 Å². The van der Waals surface area contributed by atoms with Crippen molar-refractivity contribution in [1.29, 1.82) is 0 Å². The Morgan fingerprint density at radius 3 is 2.12 bits per heavy atom. The van der Waals surface area contributed by atoms with Crippen LogP contribution in [-0.4, -0.2) is 50.5 Å². The van der Waals surface area contributed by atoms with Gasteiger partial charge in [0.2, 0.25) is 21.8 Å². The molecule has 0 heterocycles. The zero-order chi connectivity index (χ0) is 29.3. The second kappa shape index (κ2) is 14.0. The number of benzene rings is 3. The van der Waals surface area contributed by atoms with Crippen molar-refractivity contribution in [1.82, 2.24) is 10.2 Å². The molecule has 214 valence electrons. The summed E-state index contributed by atoms with van der Waals surface area (Å²) in [5.41, 5.74) is 3.19. The van der Waals surface area contributed by atoms with Crippen LogP contribution in [0.2, 0.25) is 0 Å². The number of nitrogens with zero attached hydrogens (tertiary/aromatic N) is 2. The smallest absolute Gasteiger partial charge is 0.244 e. The summed E-state index contributed by atoms with van der Waals surface area (Å²) in [5.74, 6) is 0.0489. The molecule has 8 nitrogen and oxygen atoms in total. The molecule has 3 aromatic carbocycles. The number of anilines is 1. The van der Waals surface area contributed by atoms with Crippen molar-refractivity contribution >= 4 is 27.5 Å². The van der Waals surface area contributed by atoms with Gasteiger partial charge in [-0.2, -0.15) is 0 Å². The van der Waals surface area contributed by atoms with Gasteiger partial charge in [0.1, 0.15) is 24.9 Å². The quantitative estimate of drug-likeness (QED) is 0.329. The Morgan fingerprint density at radius 2 is 1.52 bits per heavy atom. The van der Waals surface area contributed by atoms with Gasteiger partial charge in [0.15, 0.2) is 0 Å². The van der Waals surface area contributed by atoms with E-state index < -0.39 is 28.5 Å². The average molecular weight is 566 g/mol. The van der Waals surface area contributed by atoms with Crippen LogP contribution < -0.4 is 14.4 Å². The van der Waals surface area contributed by atoms with Crippen LogP contribution in [0, 0.1) is 12.8 Å². The van der Waals surface area contributed by atoms with Gasteiger partial charge in [0.25, 0.3) is 0 Å². The summed E-state index contributed by atoms with van der Waals surface area (Å²) < 4.78 is 32.5. The van der Waals surface area contributed by atoms with Gasteiger partial charge in [-0.1, -0.05) is 68.4 Å². The molecule has 0 aliphatic carbocycles. The van der Waals surface area contributed by atoms with Gasteiger partial charge in [0.05, 0.1) is 11.9 Å². The van der Waals surface area contributed by atoms with Crippen LogP contribution in [0.1, 0.15) is 37.5 Å². The molecule has 2 amide bonds. The molecule has 3 aromatic rings. The third kappa shape index (κ3) is 8.84. The predicted octanol–water partition coefficient (Wildman–Crippen LogP) is 4.53. The molecule has 0 bridgehead atoms. The standard InChI is InChI=1S/C31H39N3O5S/c1-23(2)19-32-31(36)25(4)33(20-27-14-10-9-11-24(27)3)30(35)21-34(40(5,37)38)28-15-17-29(18-16-28)39-22-26-12-7-6-8-13-26/h6-18,23,25H,19-22H2,1-5H3,(H,32,36). The summed E-state index contributed by atoms with van der Waals surface area (Å²) in [6.07, 6.45) is 1.06. The lowest BCUT2D eigenvalue weighted by molar-refractivity contribution is -0.139. The third-order valence-corrected chi connectivity index (χ3v) is 7.65. The fraction of sp³-hybridized carbons (Fsp3) is 0.355. The van der Waals surface area contributed by atoms with Gasteiger partial charge in [-0.05, 0) is 60.7 Å². The lowest BCUT2D eigenvalue weighted by Gasteiger charge is -2.32. The SMILES string of the molecule is Cc1ccccc1CN(C(=O)CN(c1ccc(OCc2ccccc2)cc1)S(C)(=O)=O)C(C)C(=O)NCC(C)C. The van der Waals surface area contributed by atoms with E-state index in [9.17, 15) is 18.0 Å². The first-order chi connectivity index (χ1) is 19.0. The van der Waals surface area contributed by atoms with Crippen LogP contribution in [0.5, 0.6) is 5.75 Å². The highest BCUT2D eigenvalue weighted by Gasteiger charge is 2.30. The highest BCUT2D eigenvalue weighted by molar-refractivity contribution is 7.92. The van der Waals surface area contributed by atoms with E-state index in [1.165, 1.54) is 4.90 Å². The van der Waals surface area contributed by atoms with E-state index in [0.29, 0.717) is 24.6 Å². The Labute approximate surface area is 238 Å². The van der Waals surface area contributed by atoms with Crippen LogP contribution >= 0.6 is 0 Å². The number of carbonyl (C=O) groups is 2. The highest BCUT2D eigenvalue weighted by Crippen LogP contribution is 2.23. The third-order valence-electron chi connectivity index (χ3n) is 6.51. The molecular formula is C31H39N3O5S. The number of hydrogen-bond donors (Lipinski definition) is 1. The lowest BCUT2D eigenvalue weighted by atomic mass is 10.1. The topological polar surface area (TPSA) is 96.0 Å². The fourth-order valence-corrected chi connectivity index (χ4v) is 4.92. The maximum Gasteiger partial charge on any atom is 0.244 e. The number of amides is 2. The Morgan fingerprint density at radius 1 is 0.900 bits per heavy atom. The number of sulfonamides is 1. The van der Waals surface area contributed by atoms with Crippen LogP contribution in [0.3, 0.4) is 0 Å². The van der Waals surface area contributed by atoms with Gasteiger partial charge in [-0.25, -0.2) is 8.42 Å². The Hall–Kier alpha value is -3.85. The van der Waals surface area contributed by atoms with Crippen molar-refractivity contribution in [3.63, 3.8) is 0 Å². The van der Waals surface area contributed by atoms with E-state index in [0.717, 1.165) is 27.3 Å². The molecular weight excluding hydrogens is 526 g/mol. The summed E-state index contributed by atoms with van der Waals surface area (Å²) in [4.78, 5) is 28.1. The summed E-state index contributed by atoms with van der Waals surface area (Å²) in [6.45, 7) is 8.15. The molecule has 40 heavy (non-hydrogen) atoms. The number of hydrogen-bond acceptors (Lipinski definition) is 5. The van der Waals surface area contributed by atoms with Crippen molar-refractivity contribution in [2.75, 3.05) is 23.7 Å². The van der Waals surface area contributed by atoms with E-state index >= 15 is 0 Å². The Kier molecular flexibility index (Phi) is 10.7. The normalized spacial score (nSPS) is 12.1. The molecule has 3 rings (SSSR count). The molecule has 1 atom stereocenters. The molecule has 0 saturated heterocycles. The monoisotopic (exact) mass is 565 g/mol. The molecule has 0 fully saturated rings. The largest absolute Gasteiger partial charge is 0.489 e. The molecule has 9 heteroatoms. The fourth-order valence-electron chi connectivity index (χ4n) is 4.07. The molecule has 0 spiro atoms. The van der Waals surface area contributed by atoms with Crippen LogP contribution in [0.15, 0.2) is 78.9 Å². The summed E-state index contributed by atoms with van der Waals surface area (Å²) in [5, 5.41) is 2.88. The van der Waals surface area contributed by atoms with Crippen LogP contribution in [0.4, 0.5) is 5.69 Å². The Bertz CT molecular complexity index is 1380. The highest BCUT2D eigenvalue weighted by atomic mass is 32.2. The zero-order valence-corrected chi connectivity index (χ0v) is 24.6. The Balaban J connectivity index is 1.82. The minimum atomic E-state index is -3.82. The van der Waals surface area contributed by atoms with E-state index in [2.05, 4.69) is 5.32 Å². The first-order valence-electron chi connectivity index (χ1n) is 13.3. The van der Waals surface area contributed by atoms with E-state index in [-0.39, 0.29) is 18.4 Å². The molecule has 1 unspecified atom stereocenters. The van der Waals surface area contributed by atoms with Crippen molar-refractivity contribution < 1.29 is 22.7 Å². The second-order valence-corrected chi connectivity index (χ2v) is 12.2. The summed E-state index contributed by atoms with van der Waals surface area (Å²) in [6, 6.07) is 23.1. The molecule has 1 N–H and O–H groups in total. The summed E-state index contributed by atoms with van der Waals surface area (Å²) >= 11 is 0. The minimum absolute atomic E-state index is 0.172. The average Bonchev–Trinajstić information content (AvgIpc) is 2.93. The molecule has 0 aromatic heterocycles. The number of nitrogens with one attached hydrogen (secondary N) is 1. The maximum atomic E-state index is 13.7. The van der Waals surface area contributed by atoms with Gasteiger partial charge in [-0.3, -0.25) is 13.9 Å². The van der Waals surface area contributed by atoms with Gasteiger partial charge >= 0.3 is 0 Å². The second-order valence-electron chi connectivity index (χ2n) is 10.3. The van der Waals surface area contributed by atoms with E-state index in [1.54, 1.807) is 31.2 Å². The van der Waals surface area contributed by atoms with Crippen LogP contribution in [-0.2, 0) is 32.8 Å². The molecule has 0 aliphatic heterocycles. The molecule has 0 saturated carbocycles. The zero-order valence-electron chi connectivity index (χ0n) is 23.8. The van der Waals surface area contributed by atoms with Crippen molar-refractivity contribution in [2.24, 2.45) is 5.92 Å². The first kappa shape index (κ1) is 30.7. The van der Waals surface area contributed by atoms with E-state index in [4.69, 9.17) is 4.74 Å². The lowest BCUT2D eigenvalue weighted by Crippen LogP contribution is -2.51. The van der Waals surface area contributed by atoms with Gasteiger partial charge < -0.3 is 15.0 Å². The van der Waals surface area contributed by atoms with Crippen molar-refractivity contribution in [3.8, 4) is 5.75 Å². The number of aryl methyl sites for hydroxylation is 1. The van der Waals surface area contributed by atoms with Gasteiger partial charge in [0, 0.05) is 13.1 Å². The number of ether oxygens (including phenoxy) is 1. The van der Waals surface area contributed by atoms with Crippen molar-refractivity contribution in [2.45, 2.75) is 46.9 Å². The summed E-state index contributed by atoms with van der Waals surface area (Å²) in [7, 11) is -3.82. The number of rotatable bonds is 13. The first-order valence-corrected chi connectivity index (χ1v) is 15.2. The molecule has 0 radical (unpaired) electrons. The van der Waals surface area contributed by atoms with Crippen LogP contribution in [0.25, 0.3) is 0 Å².